The molecule has 0 heterocycles. The zero-order chi connectivity index (χ0) is 22.6. The topological polar surface area (TPSA) is 69.7 Å². The zero-order valence-corrected chi connectivity index (χ0v) is 19.6. The van der Waals surface area contributed by atoms with Crippen molar-refractivity contribution in [3.63, 3.8) is 0 Å². The molecule has 5 atom stereocenters. The summed E-state index contributed by atoms with van der Waals surface area (Å²) in [5.41, 5.74) is 1.76. The summed E-state index contributed by atoms with van der Waals surface area (Å²) in [5, 5.41) is 0. The molecule has 0 radical (unpaired) electrons. The standard InChI is InChI=1S/C26H36O5/c1-16(27)30-15-26-13-10-18(28)14-17(26)6-7-19-20-8-9-22(31-23(29)24(2,3)4)25(20,5)12-11-21(19)26/h7,14,20-22H,6,8-13,15H2,1-5H3/t20-,21-,22-,25-,26+/m0/s1. The van der Waals surface area contributed by atoms with Gasteiger partial charge >= 0.3 is 11.9 Å². The van der Waals surface area contributed by atoms with Crippen LogP contribution in [-0.4, -0.2) is 30.4 Å². The maximum atomic E-state index is 12.6. The number of fused-ring (bicyclic) bond motifs is 5. The summed E-state index contributed by atoms with van der Waals surface area (Å²) in [5.74, 6) is 0.451. The van der Waals surface area contributed by atoms with Crippen LogP contribution in [0.15, 0.2) is 23.3 Å². The van der Waals surface area contributed by atoms with Gasteiger partial charge in [0.25, 0.3) is 0 Å². The smallest absolute Gasteiger partial charge is 0.311 e. The highest BCUT2D eigenvalue weighted by molar-refractivity contribution is 5.92. The molecule has 0 bridgehead atoms. The Hall–Kier alpha value is -1.91. The van der Waals surface area contributed by atoms with Gasteiger partial charge in [-0.1, -0.05) is 24.1 Å². The van der Waals surface area contributed by atoms with E-state index in [4.69, 9.17) is 9.47 Å². The maximum Gasteiger partial charge on any atom is 0.311 e. The van der Waals surface area contributed by atoms with Gasteiger partial charge in [-0.2, -0.15) is 0 Å². The molecule has 2 fully saturated rings. The van der Waals surface area contributed by atoms with Crippen LogP contribution in [-0.2, 0) is 23.9 Å². The van der Waals surface area contributed by atoms with Crippen molar-refractivity contribution < 1.29 is 23.9 Å². The van der Waals surface area contributed by atoms with E-state index in [9.17, 15) is 14.4 Å². The highest BCUT2D eigenvalue weighted by Gasteiger charge is 2.59. The molecule has 2 saturated carbocycles. The SMILES string of the molecule is CC(=O)OC[C@]12CCC(=O)C=C1CC=C1[C@@H]2CC[C@]2(C)[C@@H](OC(=O)C(C)(C)C)CC[C@@H]12. The zero-order valence-electron chi connectivity index (χ0n) is 19.6. The molecular formula is C26H36O5. The first-order valence-corrected chi connectivity index (χ1v) is 11.8. The average molecular weight is 429 g/mol. The van der Waals surface area contributed by atoms with Crippen molar-refractivity contribution >= 4 is 17.7 Å². The van der Waals surface area contributed by atoms with Crippen LogP contribution in [0.1, 0.15) is 79.6 Å². The van der Waals surface area contributed by atoms with Gasteiger partial charge in [-0.05, 0) is 77.2 Å². The minimum absolute atomic E-state index is 0.0552. The van der Waals surface area contributed by atoms with Crippen LogP contribution >= 0.6 is 0 Å². The van der Waals surface area contributed by atoms with Crippen molar-refractivity contribution in [1.29, 1.82) is 0 Å². The van der Waals surface area contributed by atoms with Crippen LogP contribution in [0, 0.1) is 28.1 Å². The molecule has 170 valence electrons. The van der Waals surface area contributed by atoms with Crippen LogP contribution in [0.2, 0.25) is 0 Å². The lowest BCUT2D eigenvalue weighted by atomic mass is 9.50. The molecule has 0 saturated heterocycles. The van der Waals surface area contributed by atoms with E-state index in [-0.39, 0.29) is 40.6 Å². The van der Waals surface area contributed by atoms with E-state index in [0.29, 0.717) is 18.9 Å². The maximum absolute atomic E-state index is 12.6. The van der Waals surface area contributed by atoms with Crippen molar-refractivity contribution in [2.24, 2.45) is 28.1 Å². The number of carbonyl (C=O) groups is 3. The predicted octanol–water partition coefficient (Wildman–Crippen LogP) is 4.94. The molecule has 0 aromatic carbocycles. The average Bonchev–Trinajstić information content (AvgIpc) is 3.02. The van der Waals surface area contributed by atoms with Gasteiger partial charge in [0.2, 0.25) is 0 Å². The van der Waals surface area contributed by atoms with Crippen molar-refractivity contribution in [2.75, 3.05) is 6.61 Å². The third-order valence-corrected chi connectivity index (χ3v) is 8.44. The van der Waals surface area contributed by atoms with E-state index in [1.165, 1.54) is 12.5 Å². The van der Waals surface area contributed by atoms with Gasteiger partial charge in [0.1, 0.15) is 12.7 Å². The molecule has 0 aliphatic heterocycles. The Morgan fingerprint density at radius 1 is 1.13 bits per heavy atom. The first-order chi connectivity index (χ1) is 14.5. The lowest BCUT2D eigenvalue weighted by Gasteiger charge is -2.54. The van der Waals surface area contributed by atoms with E-state index in [1.807, 2.05) is 26.8 Å². The normalized spacial score (nSPS) is 37.1. The van der Waals surface area contributed by atoms with Gasteiger partial charge in [0, 0.05) is 24.2 Å². The molecule has 4 aliphatic carbocycles. The summed E-state index contributed by atoms with van der Waals surface area (Å²) in [6.45, 7) is 9.81. The Morgan fingerprint density at radius 2 is 1.87 bits per heavy atom. The van der Waals surface area contributed by atoms with Gasteiger partial charge < -0.3 is 9.47 Å². The molecule has 5 heteroatoms. The quantitative estimate of drug-likeness (QED) is 0.470. The van der Waals surface area contributed by atoms with Gasteiger partial charge in [0.15, 0.2) is 5.78 Å². The predicted molar refractivity (Wildman–Crippen MR) is 117 cm³/mol. The number of ketones is 1. The van der Waals surface area contributed by atoms with E-state index in [1.54, 1.807) is 0 Å². The van der Waals surface area contributed by atoms with Crippen molar-refractivity contribution in [1.82, 2.24) is 0 Å². The van der Waals surface area contributed by atoms with Crippen LogP contribution < -0.4 is 0 Å². The summed E-state index contributed by atoms with van der Waals surface area (Å²) in [6, 6.07) is 0. The summed E-state index contributed by atoms with van der Waals surface area (Å²) in [6.07, 6.45) is 9.96. The van der Waals surface area contributed by atoms with Crippen LogP contribution in [0.5, 0.6) is 0 Å². The Balaban J connectivity index is 1.64. The van der Waals surface area contributed by atoms with Gasteiger partial charge in [-0.3, -0.25) is 14.4 Å². The minimum atomic E-state index is -0.502. The number of esters is 2. The Morgan fingerprint density at radius 3 is 2.55 bits per heavy atom. The fourth-order valence-corrected chi connectivity index (χ4v) is 6.63. The third-order valence-electron chi connectivity index (χ3n) is 8.44. The number of hydrogen-bond donors (Lipinski definition) is 0. The molecule has 0 N–H and O–H groups in total. The van der Waals surface area contributed by atoms with Gasteiger partial charge in [0.05, 0.1) is 5.41 Å². The van der Waals surface area contributed by atoms with E-state index >= 15 is 0 Å². The van der Waals surface area contributed by atoms with Gasteiger partial charge in [-0.25, -0.2) is 0 Å². The minimum Gasteiger partial charge on any atom is -0.465 e. The molecule has 0 spiro atoms. The number of carbonyl (C=O) groups excluding carboxylic acids is 3. The summed E-state index contributed by atoms with van der Waals surface area (Å²) < 4.78 is 11.6. The summed E-state index contributed by atoms with van der Waals surface area (Å²) in [4.78, 5) is 36.4. The first-order valence-electron chi connectivity index (χ1n) is 11.8. The van der Waals surface area contributed by atoms with Gasteiger partial charge in [-0.15, -0.1) is 0 Å². The first kappa shape index (κ1) is 22.3. The van der Waals surface area contributed by atoms with E-state index < -0.39 is 5.41 Å². The fraction of sp³-hybridized carbons (Fsp3) is 0.731. The van der Waals surface area contributed by atoms with Crippen LogP contribution in [0.4, 0.5) is 0 Å². The summed E-state index contributed by atoms with van der Waals surface area (Å²) >= 11 is 0. The monoisotopic (exact) mass is 428 g/mol. The molecular weight excluding hydrogens is 392 g/mol. The second kappa shape index (κ2) is 7.60. The Bertz CT molecular complexity index is 860. The molecule has 0 aromatic heterocycles. The number of allylic oxidation sites excluding steroid dienone is 3. The summed E-state index contributed by atoms with van der Waals surface area (Å²) in [7, 11) is 0. The Labute approximate surface area is 185 Å². The molecule has 0 aromatic rings. The highest BCUT2D eigenvalue weighted by atomic mass is 16.5. The molecule has 4 rings (SSSR count). The van der Waals surface area contributed by atoms with Crippen molar-refractivity contribution in [3.8, 4) is 0 Å². The van der Waals surface area contributed by atoms with Crippen LogP contribution in [0.25, 0.3) is 0 Å². The van der Waals surface area contributed by atoms with E-state index in [2.05, 4.69) is 13.0 Å². The number of rotatable bonds is 3. The largest absolute Gasteiger partial charge is 0.465 e. The number of ether oxygens (including phenoxy) is 2. The fourth-order valence-electron chi connectivity index (χ4n) is 6.63. The molecule has 31 heavy (non-hydrogen) atoms. The molecule has 0 unspecified atom stereocenters. The number of hydrogen-bond acceptors (Lipinski definition) is 5. The van der Waals surface area contributed by atoms with E-state index in [0.717, 1.165) is 44.1 Å². The molecule has 4 aliphatic rings. The lowest BCUT2D eigenvalue weighted by molar-refractivity contribution is -0.165. The Kier molecular flexibility index (Phi) is 5.46. The lowest BCUT2D eigenvalue weighted by Crippen LogP contribution is -2.50. The van der Waals surface area contributed by atoms with Crippen LogP contribution in [0.3, 0.4) is 0 Å². The highest BCUT2D eigenvalue weighted by Crippen LogP contribution is 2.64. The molecule has 5 nitrogen and oxygen atoms in total. The molecule has 0 amide bonds. The second-order valence-electron chi connectivity index (χ2n) is 11.4. The third kappa shape index (κ3) is 3.68. The van der Waals surface area contributed by atoms with Crippen molar-refractivity contribution in [2.45, 2.75) is 85.7 Å². The van der Waals surface area contributed by atoms with Crippen molar-refractivity contribution in [3.05, 3.63) is 23.3 Å². The second-order valence-corrected chi connectivity index (χ2v) is 11.4.